The molecule has 0 spiro atoms. The summed E-state index contributed by atoms with van der Waals surface area (Å²) in [6.45, 7) is 5.43. The average Bonchev–Trinajstić information content (AvgIpc) is 3.11. The summed E-state index contributed by atoms with van der Waals surface area (Å²) in [7, 11) is 0. The minimum Gasteiger partial charge on any atom is -0.333 e. The third kappa shape index (κ3) is 7.59. The molecule has 0 unspecified atom stereocenters. The third-order valence-electron chi connectivity index (χ3n) is 10.4. The Balaban J connectivity index is 0.000000162. The van der Waals surface area contributed by atoms with Crippen LogP contribution in [0.15, 0.2) is 97.1 Å². The molecule has 0 saturated carbocycles. The molecule has 2 saturated heterocycles. The van der Waals surface area contributed by atoms with Gasteiger partial charge in [-0.05, 0) is 59.4 Å². The van der Waals surface area contributed by atoms with E-state index in [1.165, 1.54) is 23.3 Å². The van der Waals surface area contributed by atoms with Gasteiger partial charge in [-0.1, -0.05) is 72.8 Å². The van der Waals surface area contributed by atoms with Crippen LogP contribution in [-0.2, 0) is 38.3 Å². The fraction of sp³-hybridized carbons (Fsp3) is 0.350. The molecular formula is C40H38F6N4O2. The third-order valence-corrected chi connectivity index (χ3v) is 10.4. The van der Waals surface area contributed by atoms with Crippen LogP contribution in [0.1, 0.15) is 54.1 Å². The van der Waals surface area contributed by atoms with Crippen molar-refractivity contribution in [2.45, 2.75) is 50.4 Å². The molecule has 4 aliphatic heterocycles. The highest BCUT2D eigenvalue weighted by atomic mass is 19.4. The lowest BCUT2D eigenvalue weighted by atomic mass is 9.88. The maximum Gasteiger partial charge on any atom is 0.417 e. The maximum atomic E-state index is 13.3. The van der Waals surface area contributed by atoms with Gasteiger partial charge in [0.25, 0.3) is 11.8 Å². The first-order chi connectivity index (χ1) is 24.8. The van der Waals surface area contributed by atoms with Crippen LogP contribution in [0.25, 0.3) is 0 Å². The molecule has 0 radical (unpaired) electrons. The number of hydrogen-bond donors (Lipinski definition) is 0. The second-order valence-corrected chi connectivity index (χ2v) is 13.9. The molecule has 2 atom stereocenters. The number of hydrogen-bond acceptors (Lipinski definition) is 4. The zero-order valence-electron chi connectivity index (χ0n) is 28.3. The minimum absolute atomic E-state index is 0.0732. The number of benzene rings is 4. The van der Waals surface area contributed by atoms with Gasteiger partial charge in [0, 0.05) is 70.0 Å². The van der Waals surface area contributed by atoms with Crippen LogP contribution in [0.3, 0.4) is 0 Å². The number of carbonyl (C=O) groups is 2. The number of fused-ring (bicyclic) bond motifs is 4. The first kappa shape index (κ1) is 35.7. The van der Waals surface area contributed by atoms with Crippen molar-refractivity contribution in [2.75, 3.05) is 39.3 Å². The van der Waals surface area contributed by atoms with Crippen molar-refractivity contribution in [1.82, 2.24) is 19.6 Å². The Bertz CT molecular complexity index is 1870. The molecule has 0 aliphatic carbocycles. The zero-order chi connectivity index (χ0) is 36.6. The Morgan fingerprint density at radius 1 is 0.558 bits per heavy atom. The van der Waals surface area contributed by atoms with Crippen molar-refractivity contribution in [2.24, 2.45) is 0 Å². The minimum atomic E-state index is -4.51. The Kier molecular flexibility index (Phi) is 9.88. The number of piperazine rings is 2. The lowest BCUT2D eigenvalue weighted by Crippen LogP contribution is -2.58. The van der Waals surface area contributed by atoms with Crippen molar-refractivity contribution in [3.63, 3.8) is 0 Å². The van der Waals surface area contributed by atoms with Crippen LogP contribution in [0.2, 0.25) is 0 Å². The van der Waals surface area contributed by atoms with E-state index in [2.05, 4.69) is 34.1 Å². The molecule has 8 rings (SSSR count). The van der Waals surface area contributed by atoms with Gasteiger partial charge >= 0.3 is 12.4 Å². The molecular weight excluding hydrogens is 682 g/mol. The molecule has 4 aromatic carbocycles. The predicted octanol–water partition coefficient (Wildman–Crippen LogP) is 7.18. The summed E-state index contributed by atoms with van der Waals surface area (Å²) in [5.41, 5.74) is 2.16. The van der Waals surface area contributed by atoms with Crippen molar-refractivity contribution in [1.29, 1.82) is 0 Å². The molecule has 2 amide bonds. The number of nitrogens with zero attached hydrogens (tertiary/aromatic N) is 4. The summed E-state index contributed by atoms with van der Waals surface area (Å²) >= 11 is 0. The molecule has 0 aromatic heterocycles. The molecule has 0 bridgehead atoms. The topological polar surface area (TPSA) is 47.1 Å². The second kappa shape index (κ2) is 14.4. The van der Waals surface area contributed by atoms with Gasteiger partial charge in [-0.15, -0.1) is 0 Å². The van der Waals surface area contributed by atoms with E-state index in [4.69, 9.17) is 0 Å². The highest BCUT2D eigenvalue weighted by molar-refractivity contribution is 5.99. The normalized spacial score (nSPS) is 20.7. The van der Waals surface area contributed by atoms with Gasteiger partial charge in [-0.3, -0.25) is 19.4 Å². The maximum absolute atomic E-state index is 13.3. The van der Waals surface area contributed by atoms with E-state index in [0.717, 1.165) is 37.8 Å². The SMILES string of the molecule is O=C1c2c(cccc2C(F)(F)F)C[C@@H]2CN(Cc3ccccc3)CCN12.O=C1c2ccc(C(F)(F)F)cc2C[C@@H]2CN(Cc3ccccc3)CCN12. The van der Waals surface area contributed by atoms with Gasteiger partial charge in [0.2, 0.25) is 0 Å². The fourth-order valence-corrected chi connectivity index (χ4v) is 7.91. The molecule has 4 heterocycles. The summed E-state index contributed by atoms with van der Waals surface area (Å²) in [6, 6.07) is 27.5. The van der Waals surface area contributed by atoms with E-state index in [-0.39, 0.29) is 23.6 Å². The molecule has 12 heteroatoms. The van der Waals surface area contributed by atoms with E-state index >= 15 is 0 Å². The van der Waals surface area contributed by atoms with E-state index in [0.29, 0.717) is 62.3 Å². The van der Waals surface area contributed by atoms with E-state index < -0.39 is 29.4 Å². The van der Waals surface area contributed by atoms with Crippen LogP contribution in [-0.4, -0.2) is 82.8 Å². The van der Waals surface area contributed by atoms with Gasteiger partial charge in [0.05, 0.1) is 16.7 Å². The van der Waals surface area contributed by atoms with Gasteiger partial charge in [-0.2, -0.15) is 26.3 Å². The Labute approximate surface area is 298 Å². The molecule has 4 aliphatic rings. The molecule has 0 N–H and O–H groups in total. The Hall–Kier alpha value is -4.68. The summed E-state index contributed by atoms with van der Waals surface area (Å²) in [6.07, 6.45) is -7.96. The highest BCUT2D eigenvalue weighted by Crippen LogP contribution is 2.38. The van der Waals surface area contributed by atoms with Crippen LogP contribution >= 0.6 is 0 Å². The average molecular weight is 721 g/mol. The van der Waals surface area contributed by atoms with Gasteiger partial charge in [0.15, 0.2) is 0 Å². The lowest BCUT2D eigenvalue weighted by molar-refractivity contribution is -0.138. The van der Waals surface area contributed by atoms with Gasteiger partial charge < -0.3 is 9.80 Å². The molecule has 2 fully saturated rings. The van der Waals surface area contributed by atoms with Crippen LogP contribution in [0.5, 0.6) is 0 Å². The van der Waals surface area contributed by atoms with E-state index in [1.54, 1.807) is 11.0 Å². The van der Waals surface area contributed by atoms with E-state index in [9.17, 15) is 35.9 Å². The monoisotopic (exact) mass is 720 g/mol. The number of alkyl halides is 6. The Morgan fingerprint density at radius 3 is 1.63 bits per heavy atom. The number of halogens is 6. The van der Waals surface area contributed by atoms with Gasteiger partial charge in [-0.25, -0.2) is 0 Å². The Morgan fingerprint density at radius 2 is 1.10 bits per heavy atom. The summed E-state index contributed by atoms with van der Waals surface area (Å²) in [4.78, 5) is 33.5. The second-order valence-electron chi connectivity index (χ2n) is 13.9. The molecule has 6 nitrogen and oxygen atoms in total. The fourth-order valence-electron chi connectivity index (χ4n) is 7.91. The zero-order valence-corrected chi connectivity index (χ0v) is 28.3. The summed E-state index contributed by atoms with van der Waals surface area (Å²) < 4.78 is 78.9. The quantitative estimate of drug-likeness (QED) is 0.210. The van der Waals surface area contributed by atoms with Crippen LogP contribution in [0.4, 0.5) is 26.3 Å². The lowest BCUT2D eigenvalue weighted by Gasteiger charge is -2.44. The number of amides is 2. The van der Waals surface area contributed by atoms with Crippen LogP contribution in [0, 0.1) is 0 Å². The van der Waals surface area contributed by atoms with E-state index in [1.807, 2.05) is 41.3 Å². The molecule has 52 heavy (non-hydrogen) atoms. The molecule has 4 aromatic rings. The van der Waals surface area contributed by atoms with Gasteiger partial charge in [0.1, 0.15) is 0 Å². The van der Waals surface area contributed by atoms with Crippen LogP contribution < -0.4 is 0 Å². The predicted molar refractivity (Wildman–Crippen MR) is 183 cm³/mol. The highest BCUT2D eigenvalue weighted by Gasteiger charge is 2.43. The summed E-state index contributed by atoms with van der Waals surface area (Å²) in [5, 5.41) is 0. The van der Waals surface area contributed by atoms with Crippen molar-refractivity contribution >= 4 is 11.8 Å². The first-order valence-electron chi connectivity index (χ1n) is 17.4. The smallest absolute Gasteiger partial charge is 0.333 e. The largest absolute Gasteiger partial charge is 0.417 e. The number of carbonyl (C=O) groups excluding carboxylic acids is 2. The van der Waals surface area contributed by atoms with Crippen molar-refractivity contribution in [3.8, 4) is 0 Å². The number of rotatable bonds is 4. The summed E-state index contributed by atoms with van der Waals surface area (Å²) in [5.74, 6) is -0.632. The standard InChI is InChI=1S/2C20H19F3N2O/c21-20(22,23)17-8-4-7-15-11-16-13-24(12-14-5-2-1-3-6-14)9-10-25(16)19(26)18(15)17;21-20(22,23)16-6-7-18-15(10-16)11-17-13-24(8-9-25(17)19(18)26)12-14-4-2-1-3-5-14/h1-8,16H,9-13H2;1-7,10,17H,8-9,11-13H2/t16-;17-/m11/s1. The van der Waals surface area contributed by atoms with Crippen molar-refractivity contribution in [3.05, 3.63) is 142 Å². The van der Waals surface area contributed by atoms with Crippen molar-refractivity contribution < 1.29 is 35.9 Å². The first-order valence-corrected chi connectivity index (χ1v) is 17.4. The molecule has 272 valence electrons.